The van der Waals surface area contributed by atoms with Crippen molar-refractivity contribution in [1.29, 1.82) is 0 Å². The number of piperidine rings is 1. The van der Waals surface area contributed by atoms with Gasteiger partial charge < -0.3 is 14.8 Å². The van der Waals surface area contributed by atoms with Crippen molar-refractivity contribution < 1.29 is 0 Å². The maximum absolute atomic E-state index is 7.10. The van der Waals surface area contributed by atoms with Gasteiger partial charge in [-0.1, -0.05) is 12.1 Å². The lowest BCUT2D eigenvalue weighted by Gasteiger charge is -2.33. The van der Waals surface area contributed by atoms with E-state index in [9.17, 15) is 0 Å². The fourth-order valence-electron chi connectivity index (χ4n) is 3.75. The number of benzene rings is 1. The molecule has 4 rings (SSSR count). The highest BCUT2D eigenvalue weighted by Crippen LogP contribution is 2.27. The van der Waals surface area contributed by atoms with Crippen LogP contribution in [0, 0.1) is 13.5 Å². The minimum absolute atomic E-state index is 0.491. The van der Waals surface area contributed by atoms with Gasteiger partial charge in [-0.3, -0.25) is 4.98 Å². The monoisotopic (exact) mass is 360 g/mol. The molecule has 0 bridgehead atoms. The number of hydrogen-bond donors (Lipinski definition) is 1. The highest BCUT2D eigenvalue weighted by Gasteiger charge is 2.24. The minimum atomic E-state index is 0.491. The summed E-state index contributed by atoms with van der Waals surface area (Å²) in [6.07, 6.45) is 4.00. The molecule has 6 nitrogen and oxygen atoms in total. The molecule has 0 unspecified atom stereocenters. The fourth-order valence-corrected chi connectivity index (χ4v) is 3.75. The highest BCUT2D eigenvalue weighted by atomic mass is 15.3. The molecule has 6 heteroatoms. The van der Waals surface area contributed by atoms with Crippen molar-refractivity contribution in [3.63, 3.8) is 0 Å². The van der Waals surface area contributed by atoms with E-state index in [4.69, 9.17) is 11.6 Å². The van der Waals surface area contributed by atoms with Crippen LogP contribution in [0.1, 0.15) is 24.1 Å². The lowest BCUT2D eigenvalue weighted by Crippen LogP contribution is -2.45. The van der Waals surface area contributed by atoms with Gasteiger partial charge in [-0.2, -0.15) is 0 Å². The van der Waals surface area contributed by atoms with Crippen molar-refractivity contribution in [2.24, 2.45) is 0 Å². The second-order valence-electron chi connectivity index (χ2n) is 7.18. The number of aromatic nitrogens is 3. The predicted molar refractivity (Wildman–Crippen MR) is 108 cm³/mol. The molecular formula is C21H24N6. The Morgan fingerprint density at radius 2 is 2.19 bits per heavy atom. The molecule has 1 atom stereocenters. The first-order chi connectivity index (χ1) is 13.2. The first-order valence-electron chi connectivity index (χ1n) is 9.39. The molecule has 0 aliphatic carbocycles. The van der Waals surface area contributed by atoms with Crippen LogP contribution in [-0.4, -0.2) is 40.7 Å². The van der Waals surface area contributed by atoms with Gasteiger partial charge in [0.25, 0.3) is 0 Å². The van der Waals surface area contributed by atoms with Gasteiger partial charge in [0, 0.05) is 25.3 Å². The zero-order valence-corrected chi connectivity index (χ0v) is 15.8. The van der Waals surface area contributed by atoms with Crippen LogP contribution in [0.15, 0.2) is 36.5 Å². The molecule has 1 aromatic carbocycles. The Hall–Kier alpha value is -2.91. The van der Waals surface area contributed by atoms with Gasteiger partial charge in [0.05, 0.1) is 29.8 Å². The maximum atomic E-state index is 7.10. The summed E-state index contributed by atoms with van der Waals surface area (Å²) in [4.78, 5) is 15.3. The number of hydrogen-bond acceptors (Lipinski definition) is 4. The second-order valence-corrected chi connectivity index (χ2v) is 7.18. The molecule has 3 aromatic rings. The van der Waals surface area contributed by atoms with Gasteiger partial charge in [-0.25, -0.2) is 9.83 Å². The topological polar surface area (TPSA) is 50.3 Å². The first kappa shape index (κ1) is 17.5. The van der Waals surface area contributed by atoms with Crippen molar-refractivity contribution in [3.05, 3.63) is 59.2 Å². The number of imidazole rings is 1. The van der Waals surface area contributed by atoms with Crippen molar-refractivity contribution in [1.82, 2.24) is 19.9 Å². The van der Waals surface area contributed by atoms with E-state index in [0.717, 1.165) is 42.2 Å². The highest BCUT2D eigenvalue weighted by molar-refractivity contribution is 5.80. The standard InChI is InChI=1S/C21H24N6/c1-15-6-9-19-20(11-15)27(14-18-8-7-16(22-2)12-24-18)21(25-19)26-10-4-5-17(13-26)23-3/h6-9,11-12,17,23H,4-5,10,13-14H2,1,3H3/t17-/m0/s1. The van der Waals surface area contributed by atoms with Gasteiger partial charge in [0.1, 0.15) is 0 Å². The van der Waals surface area contributed by atoms with Gasteiger partial charge in [0.15, 0.2) is 0 Å². The molecule has 138 valence electrons. The number of rotatable bonds is 4. The molecule has 27 heavy (non-hydrogen) atoms. The predicted octanol–water partition coefficient (Wildman–Crippen LogP) is 3.53. The number of aryl methyl sites for hydroxylation is 1. The van der Waals surface area contributed by atoms with Crippen LogP contribution >= 0.6 is 0 Å². The Morgan fingerprint density at radius 3 is 2.93 bits per heavy atom. The van der Waals surface area contributed by atoms with Crippen molar-refractivity contribution in [2.75, 3.05) is 25.0 Å². The lowest BCUT2D eigenvalue weighted by molar-refractivity contribution is 0.442. The molecule has 1 fully saturated rings. The van der Waals surface area contributed by atoms with E-state index in [-0.39, 0.29) is 0 Å². The number of pyridine rings is 1. The Morgan fingerprint density at radius 1 is 1.30 bits per heavy atom. The zero-order valence-electron chi connectivity index (χ0n) is 15.8. The van der Waals surface area contributed by atoms with E-state index in [1.165, 1.54) is 12.0 Å². The Kier molecular flexibility index (Phi) is 4.78. The molecule has 1 aliphatic heterocycles. The smallest absolute Gasteiger partial charge is 0.206 e. The summed E-state index contributed by atoms with van der Waals surface area (Å²) in [5, 5.41) is 3.41. The summed E-state index contributed by atoms with van der Waals surface area (Å²) < 4.78 is 2.26. The van der Waals surface area contributed by atoms with Gasteiger partial charge in [-0.15, -0.1) is 0 Å². The first-order valence-corrected chi connectivity index (χ1v) is 9.39. The molecule has 0 spiro atoms. The van der Waals surface area contributed by atoms with E-state index < -0.39 is 0 Å². The summed E-state index contributed by atoms with van der Waals surface area (Å²) in [5.41, 5.74) is 4.87. The second kappa shape index (κ2) is 7.37. The van der Waals surface area contributed by atoms with Gasteiger partial charge in [0.2, 0.25) is 11.6 Å². The normalized spacial score (nSPS) is 17.2. The number of anilines is 1. The molecule has 1 saturated heterocycles. The molecule has 2 aromatic heterocycles. The summed E-state index contributed by atoms with van der Waals surface area (Å²) in [7, 11) is 2.03. The zero-order chi connectivity index (χ0) is 18.8. The molecule has 0 radical (unpaired) electrons. The van der Waals surface area contributed by atoms with Crippen molar-refractivity contribution >= 4 is 22.7 Å². The van der Waals surface area contributed by atoms with E-state index in [1.54, 1.807) is 6.20 Å². The van der Waals surface area contributed by atoms with Crippen molar-refractivity contribution in [3.8, 4) is 0 Å². The van der Waals surface area contributed by atoms with E-state index in [2.05, 4.69) is 49.7 Å². The van der Waals surface area contributed by atoms with E-state index in [1.807, 2.05) is 19.2 Å². The maximum Gasteiger partial charge on any atom is 0.206 e. The van der Waals surface area contributed by atoms with Crippen LogP contribution in [0.25, 0.3) is 15.9 Å². The Bertz CT molecular complexity index is 982. The Balaban J connectivity index is 1.76. The summed E-state index contributed by atoms with van der Waals surface area (Å²) in [6.45, 7) is 11.8. The van der Waals surface area contributed by atoms with Gasteiger partial charge in [-0.05, 0) is 50.6 Å². The molecule has 1 N–H and O–H groups in total. The minimum Gasteiger partial charge on any atom is -0.341 e. The molecule has 3 heterocycles. The van der Waals surface area contributed by atoms with Crippen LogP contribution in [0.2, 0.25) is 0 Å². The largest absolute Gasteiger partial charge is 0.341 e. The van der Waals surface area contributed by atoms with Crippen LogP contribution in [0.5, 0.6) is 0 Å². The summed E-state index contributed by atoms with van der Waals surface area (Å²) in [5.74, 6) is 1.01. The van der Waals surface area contributed by atoms with Crippen LogP contribution < -0.4 is 10.2 Å². The van der Waals surface area contributed by atoms with Crippen LogP contribution in [0.3, 0.4) is 0 Å². The molecule has 0 amide bonds. The molecule has 1 aliphatic rings. The number of nitrogens with one attached hydrogen (secondary N) is 1. The SMILES string of the molecule is [C-]#[N+]c1ccc(Cn2c(N3CCC[C@H](NC)C3)nc3ccc(C)cc32)nc1. The summed E-state index contributed by atoms with van der Waals surface area (Å²) >= 11 is 0. The van der Waals surface area contributed by atoms with E-state index in [0.29, 0.717) is 18.3 Å². The van der Waals surface area contributed by atoms with E-state index >= 15 is 0 Å². The molecular weight excluding hydrogens is 336 g/mol. The van der Waals surface area contributed by atoms with Crippen LogP contribution in [0.4, 0.5) is 11.6 Å². The molecule has 0 saturated carbocycles. The summed E-state index contributed by atoms with van der Waals surface area (Å²) in [6, 6.07) is 10.7. The Labute approximate surface area is 159 Å². The van der Waals surface area contributed by atoms with Gasteiger partial charge >= 0.3 is 0 Å². The number of fused-ring (bicyclic) bond motifs is 1. The number of likely N-dealkylation sites (N-methyl/N-ethyl adjacent to an activating group) is 1. The average Bonchev–Trinajstić information content (AvgIpc) is 3.06. The number of nitrogens with zero attached hydrogens (tertiary/aromatic N) is 5. The third-order valence-electron chi connectivity index (χ3n) is 5.25. The third-order valence-corrected chi connectivity index (χ3v) is 5.25. The quantitative estimate of drug-likeness (QED) is 0.723. The van der Waals surface area contributed by atoms with Crippen LogP contribution in [-0.2, 0) is 6.54 Å². The fraction of sp³-hybridized carbons (Fsp3) is 0.381. The lowest BCUT2D eigenvalue weighted by atomic mass is 10.1. The third kappa shape index (κ3) is 3.51. The van der Waals surface area contributed by atoms with Crippen molar-refractivity contribution in [2.45, 2.75) is 32.4 Å². The average molecular weight is 360 g/mol.